The second kappa shape index (κ2) is 4.76. The molecule has 0 aliphatic carbocycles. The molecule has 0 radical (unpaired) electrons. The Morgan fingerprint density at radius 1 is 1.50 bits per heavy atom. The van der Waals surface area contributed by atoms with E-state index in [4.69, 9.17) is 0 Å². The number of sulfonamides is 1. The minimum atomic E-state index is -2.92. The van der Waals surface area contributed by atoms with Crippen LogP contribution >= 0.6 is 0 Å². The van der Waals surface area contributed by atoms with E-state index < -0.39 is 10.0 Å². The van der Waals surface area contributed by atoms with Crippen LogP contribution in [0.4, 0.5) is 0 Å². The van der Waals surface area contributed by atoms with Crippen LogP contribution in [-0.2, 0) is 10.0 Å². The van der Waals surface area contributed by atoms with Gasteiger partial charge in [-0.3, -0.25) is 0 Å². The first-order valence-electron chi connectivity index (χ1n) is 2.01. The average molecular weight is 147 g/mol. The van der Waals surface area contributed by atoms with E-state index >= 15 is 0 Å². The predicted octanol–water partition coefficient (Wildman–Crippen LogP) is -1.09. The molecule has 0 aromatic heterocycles. The van der Waals surface area contributed by atoms with Crippen molar-refractivity contribution in [2.75, 3.05) is 12.8 Å². The van der Waals surface area contributed by atoms with Crippen LogP contribution in [0.3, 0.4) is 0 Å². The Balaban J connectivity index is 0. The topological polar surface area (TPSA) is 46.2 Å². The van der Waals surface area contributed by atoms with E-state index in [2.05, 4.69) is 4.72 Å². The summed E-state index contributed by atoms with van der Waals surface area (Å²) in [6.07, 6.45) is 1.14. The van der Waals surface area contributed by atoms with Gasteiger partial charge in [-0.15, -0.1) is 0 Å². The van der Waals surface area contributed by atoms with E-state index in [1.807, 2.05) is 0 Å². The SMILES string of the molecule is CCNS(C)(=O)=O.[NaH]. The van der Waals surface area contributed by atoms with Crippen molar-refractivity contribution in [3.05, 3.63) is 0 Å². The maximum absolute atomic E-state index is 10.1. The Hall–Kier alpha value is 0.910. The third-order valence-corrected chi connectivity index (χ3v) is 1.22. The predicted molar refractivity (Wildman–Crippen MR) is 35.7 cm³/mol. The summed E-state index contributed by atoms with van der Waals surface area (Å²) in [6, 6.07) is 0. The third kappa shape index (κ3) is 10.0. The Labute approximate surface area is 72.2 Å². The molecule has 0 atom stereocenters. The molecule has 0 saturated heterocycles. The summed E-state index contributed by atoms with van der Waals surface area (Å²) in [6.45, 7) is 2.21. The van der Waals surface area contributed by atoms with Crippen molar-refractivity contribution in [2.24, 2.45) is 0 Å². The van der Waals surface area contributed by atoms with Gasteiger partial charge in [0.05, 0.1) is 6.26 Å². The van der Waals surface area contributed by atoms with Crippen molar-refractivity contribution < 1.29 is 8.42 Å². The van der Waals surface area contributed by atoms with Crippen LogP contribution in [0, 0.1) is 0 Å². The summed E-state index contributed by atoms with van der Waals surface area (Å²) in [4.78, 5) is 0. The van der Waals surface area contributed by atoms with E-state index in [1.165, 1.54) is 0 Å². The van der Waals surface area contributed by atoms with Crippen LogP contribution in [0.15, 0.2) is 0 Å². The molecule has 46 valence electrons. The van der Waals surface area contributed by atoms with Crippen molar-refractivity contribution in [2.45, 2.75) is 6.92 Å². The fourth-order valence-electron chi connectivity index (χ4n) is 0.262. The summed E-state index contributed by atoms with van der Waals surface area (Å²) in [5.74, 6) is 0. The van der Waals surface area contributed by atoms with Gasteiger partial charge in [-0.05, 0) is 0 Å². The molecule has 0 aliphatic rings. The normalized spacial score (nSPS) is 10.2. The molecule has 0 aromatic rings. The summed E-state index contributed by atoms with van der Waals surface area (Å²) >= 11 is 0. The van der Waals surface area contributed by atoms with Crippen LogP contribution in [-0.4, -0.2) is 50.8 Å². The van der Waals surface area contributed by atoms with Crippen molar-refractivity contribution >= 4 is 39.6 Å². The van der Waals surface area contributed by atoms with Gasteiger partial charge in [-0.2, -0.15) is 0 Å². The van der Waals surface area contributed by atoms with Crippen molar-refractivity contribution in [1.82, 2.24) is 4.72 Å². The fraction of sp³-hybridized carbons (Fsp3) is 1.00. The Kier molecular flexibility index (Phi) is 6.94. The van der Waals surface area contributed by atoms with Crippen LogP contribution in [0.2, 0.25) is 0 Å². The zero-order valence-corrected chi connectivity index (χ0v) is 5.25. The molecule has 1 N–H and O–H groups in total. The van der Waals surface area contributed by atoms with Gasteiger partial charge in [0.25, 0.3) is 0 Å². The van der Waals surface area contributed by atoms with Crippen molar-refractivity contribution in [3.63, 3.8) is 0 Å². The second-order valence-electron chi connectivity index (χ2n) is 1.27. The minimum absolute atomic E-state index is 0. The first-order valence-corrected chi connectivity index (χ1v) is 3.90. The second-order valence-corrected chi connectivity index (χ2v) is 3.10. The number of hydrogen-bond donors (Lipinski definition) is 1. The maximum atomic E-state index is 10.1. The van der Waals surface area contributed by atoms with Crippen molar-refractivity contribution in [3.8, 4) is 0 Å². The quantitative estimate of drug-likeness (QED) is 0.504. The van der Waals surface area contributed by atoms with Crippen molar-refractivity contribution in [1.29, 1.82) is 0 Å². The molecule has 0 aromatic carbocycles. The molecule has 0 unspecified atom stereocenters. The van der Waals surface area contributed by atoms with Crippen LogP contribution < -0.4 is 4.72 Å². The van der Waals surface area contributed by atoms with Gasteiger partial charge in [0.1, 0.15) is 0 Å². The fourth-order valence-corrected chi connectivity index (χ4v) is 0.787. The molecule has 3 nitrogen and oxygen atoms in total. The molecule has 0 spiro atoms. The molecule has 0 bridgehead atoms. The average Bonchev–Trinajstić information content (AvgIpc) is 1.30. The summed E-state index contributed by atoms with van der Waals surface area (Å²) < 4.78 is 22.5. The standard InChI is InChI=1S/C3H9NO2S.Na.H/c1-3-4-7(2,5)6;;/h4H,3H2,1-2H3;;. The Morgan fingerprint density at radius 3 is 1.88 bits per heavy atom. The van der Waals surface area contributed by atoms with Gasteiger partial charge in [0.15, 0.2) is 0 Å². The van der Waals surface area contributed by atoms with Gasteiger partial charge < -0.3 is 0 Å². The van der Waals surface area contributed by atoms with Gasteiger partial charge in [0, 0.05) is 6.54 Å². The molecule has 5 heteroatoms. The zero-order valence-electron chi connectivity index (χ0n) is 4.43. The van der Waals surface area contributed by atoms with E-state index in [0.29, 0.717) is 6.54 Å². The summed E-state index contributed by atoms with van der Waals surface area (Å²) in [5.41, 5.74) is 0. The molecule has 0 aliphatic heterocycles. The number of rotatable bonds is 2. The van der Waals surface area contributed by atoms with E-state index in [-0.39, 0.29) is 29.6 Å². The molecular weight excluding hydrogens is 137 g/mol. The van der Waals surface area contributed by atoms with Crippen LogP contribution in [0.5, 0.6) is 0 Å². The van der Waals surface area contributed by atoms with Gasteiger partial charge in [-0.25, -0.2) is 13.1 Å². The first kappa shape index (κ1) is 11.7. The molecule has 8 heavy (non-hydrogen) atoms. The van der Waals surface area contributed by atoms with Gasteiger partial charge in [0.2, 0.25) is 10.0 Å². The number of hydrogen-bond acceptors (Lipinski definition) is 2. The zero-order chi connectivity index (χ0) is 5.91. The first-order chi connectivity index (χ1) is 3.06. The van der Waals surface area contributed by atoms with Crippen LogP contribution in [0.25, 0.3) is 0 Å². The molecule has 0 fully saturated rings. The van der Waals surface area contributed by atoms with Crippen LogP contribution in [0.1, 0.15) is 6.92 Å². The summed E-state index contributed by atoms with van der Waals surface area (Å²) in [7, 11) is -2.92. The monoisotopic (exact) mass is 147 g/mol. The molecular formula is C3H10NNaO2S. The third-order valence-electron chi connectivity index (χ3n) is 0.407. The Bertz CT molecular complexity index is 130. The summed E-state index contributed by atoms with van der Waals surface area (Å²) in [5, 5.41) is 0. The number of nitrogens with one attached hydrogen (secondary N) is 1. The Morgan fingerprint density at radius 2 is 1.88 bits per heavy atom. The van der Waals surface area contributed by atoms with E-state index in [9.17, 15) is 8.42 Å². The van der Waals surface area contributed by atoms with E-state index in [1.54, 1.807) is 6.92 Å². The van der Waals surface area contributed by atoms with Gasteiger partial charge in [-0.1, -0.05) is 6.92 Å². The van der Waals surface area contributed by atoms with Gasteiger partial charge >= 0.3 is 29.6 Å². The molecule has 0 rings (SSSR count). The molecule has 0 saturated carbocycles. The van der Waals surface area contributed by atoms with E-state index in [0.717, 1.165) is 6.26 Å². The molecule has 0 heterocycles. The molecule has 0 amide bonds.